The van der Waals surface area contributed by atoms with E-state index >= 15 is 0 Å². The van der Waals surface area contributed by atoms with Gasteiger partial charge in [0.2, 0.25) is 17.7 Å². The molecule has 144 valence electrons. The van der Waals surface area contributed by atoms with Crippen molar-refractivity contribution in [2.75, 3.05) is 11.9 Å². The molecule has 2 N–H and O–H groups in total. The number of nitrogens with one attached hydrogen (secondary N) is 2. The van der Waals surface area contributed by atoms with E-state index in [1.54, 1.807) is 12.3 Å². The van der Waals surface area contributed by atoms with E-state index in [1.165, 1.54) is 0 Å². The lowest BCUT2D eigenvalue weighted by atomic mass is 10.0. The van der Waals surface area contributed by atoms with Crippen molar-refractivity contribution in [3.63, 3.8) is 0 Å². The molecule has 0 radical (unpaired) electrons. The third kappa shape index (κ3) is 6.09. The topological polar surface area (TPSA) is 80.3 Å². The van der Waals surface area contributed by atoms with Crippen molar-refractivity contribution < 1.29 is 14.3 Å². The minimum Gasteiger partial charge on any atom is -0.478 e. The molecule has 0 atom stereocenters. The molecule has 0 bridgehead atoms. The van der Waals surface area contributed by atoms with Crippen LogP contribution in [0.1, 0.15) is 42.0 Å². The highest BCUT2D eigenvalue weighted by molar-refractivity contribution is 5.94. The second-order valence-electron chi connectivity index (χ2n) is 6.50. The van der Waals surface area contributed by atoms with Gasteiger partial charge in [0.25, 0.3) is 0 Å². The normalized spacial score (nSPS) is 10.4. The number of benzene rings is 1. The fraction of sp³-hybridized carbons (Fsp3) is 0.381. The molecule has 0 unspecified atom stereocenters. The Kier molecular flexibility index (Phi) is 7.34. The Balaban J connectivity index is 1.83. The maximum absolute atomic E-state index is 12.2. The second kappa shape index (κ2) is 9.71. The molecule has 0 spiro atoms. The Labute approximate surface area is 160 Å². The third-order valence-electron chi connectivity index (χ3n) is 4.13. The van der Waals surface area contributed by atoms with Gasteiger partial charge in [-0.3, -0.25) is 9.59 Å². The average molecular weight is 369 g/mol. The number of aromatic nitrogens is 1. The number of carbonyl (C=O) groups excluding carboxylic acids is 2. The van der Waals surface area contributed by atoms with Crippen molar-refractivity contribution in [2.45, 2.75) is 47.1 Å². The number of hydrogen-bond acceptors (Lipinski definition) is 4. The van der Waals surface area contributed by atoms with Crippen LogP contribution in [-0.2, 0) is 16.1 Å². The van der Waals surface area contributed by atoms with Gasteiger partial charge in [0.15, 0.2) is 0 Å². The molecule has 2 rings (SSSR count). The number of rotatable bonds is 8. The van der Waals surface area contributed by atoms with Crippen LogP contribution in [0.2, 0.25) is 0 Å². The molecule has 2 aromatic rings. The summed E-state index contributed by atoms with van der Waals surface area (Å²) >= 11 is 0. The van der Waals surface area contributed by atoms with Gasteiger partial charge >= 0.3 is 0 Å². The summed E-state index contributed by atoms with van der Waals surface area (Å²) in [5.74, 6) is 0.161. The van der Waals surface area contributed by atoms with E-state index in [1.807, 2.05) is 45.9 Å². The van der Waals surface area contributed by atoms with Gasteiger partial charge < -0.3 is 15.4 Å². The molecule has 0 aliphatic heterocycles. The first-order valence-electron chi connectivity index (χ1n) is 9.11. The van der Waals surface area contributed by atoms with Crippen LogP contribution in [-0.4, -0.2) is 23.4 Å². The first kappa shape index (κ1) is 20.4. The Hall–Kier alpha value is -2.89. The number of hydrogen-bond donors (Lipinski definition) is 2. The van der Waals surface area contributed by atoms with Crippen molar-refractivity contribution in [1.29, 1.82) is 0 Å². The number of anilines is 1. The maximum Gasteiger partial charge on any atom is 0.224 e. The standard InChI is InChI=1S/C21H27N3O3/c1-5-27-21-17(7-6-10-22-21)13-23-18(25)8-9-19(26)24-20-15(3)11-14(2)12-16(20)4/h6-7,10-12H,5,8-9,13H2,1-4H3,(H,23,25)(H,24,26). The minimum absolute atomic E-state index is 0.125. The van der Waals surface area contributed by atoms with E-state index in [0.29, 0.717) is 19.0 Å². The quantitative estimate of drug-likeness (QED) is 0.747. The summed E-state index contributed by atoms with van der Waals surface area (Å²) in [5.41, 5.74) is 4.82. The fourth-order valence-electron chi connectivity index (χ4n) is 2.91. The number of ether oxygens (including phenoxy) is 1. The first-order chi connectivity index (χ1) is 12.9. The molecule has 1 aromatic carbocycles. The first-order valence-corrected chi connectivity index (χ1v) is 9.11. The van der Waals surface area contributed by atoms with E-state index in [0.717, 1.165) is 27.9 Å². The molecule has 27 heavy (non-hydrogen) atoms. The van der Waals surface area contributed by atoms with Crippen LogP contribution in [0, 0.1) is 20.8 Å². The highest BCUT2D eigenvalue weighted by atomic mass is 16.5. The van der Waals surface area contributed by atoms with Gasteiger partial charge in [-0.1, -0.05) is 23.8 Å². The van der Waals surface area contributed by atoms with Crippen molar-refractivity contribution in [2.24, 2.45) is 0 Å². The highest BCUT2D eigenvalue weighted by Gasteiger charge is 2.11. The van der Waals surface area contributed by atoms with Crippen molar-refractivity contribution in [3.05, 3.63) is 52.7 Å². The van der Waals surface area contributed by atoms with E-state index in [9.17, 15) is 9.59 Å². The maximum atomic E-state index is 12.2. The fourth-order valence-corrected chi connectivity index (χ4v) is 2.91. The number of nitrogens with zero attached hydrogens (tertiary/aromatic N) is 1. The zero-order chi connectivity index (χ0) is 19.8. The molecular formula is C21H27N3O3. The lowest BCUT2D eigenvalue weighted by molar-refractivity contribution is -0.124. The summed E-state index contributed by atoms with van der Waals surface area (Å²) in [6, 6.07) is 7.70. The molecule has 2 amide bonds. The molecule has 0 saturated carbocycles. The molecule has 1 heterocycles. The zero-order valence-electron chi connectivity index (χ0n) is 16.4. The number of aryl methyl sites for hydroxylation is 3. The van der Waals surface area contributed by atoms with Gasteiger partial charge in [0.05, 0.1) is 6.61 Å². The van der Waals surface area contributed by atoms with Crippen LogP contribution in [0.15, 0.2) is 30.5 Å². The molecule has 1 aromatic heterocycles. The largest absolute Gasteiger partial charge is 0.478 e. The summed E-state index contributed by atoms with van der Waals surface area (Å²) in [5, 5.41) is 5.72. The van der Waals surface area contributed by atoms with Crippen molar-refractivity contribution >= 4 is 17.5 Å². The van der Waals surface area contributed by atoms with Gasteiger partial charge in [-0.05, 0) is 44.9 Å². The van der Waals surface area contributed by atoms with Gasteiger partial charge in [0, 0.05) is 36.8 Å². The second-order valence-corrected chi connectivity index (χ2v) is 6.50. The summed E-state index contributed by atoms with van der Waals surface area (Å²) in [4.78, 5) is 28.4. The summed E-state index contributed by atoms with van der Waals surface area (Å²) in [6.45, 7) is 8.66. The van der Waals surface area contributed by atoms with E-state index < -0.39 is 0 Å². The predicted molar refractivity (Wildman–Crippen MR) is 106 cm³/mol. The van der Waals surface area contributed by atoms with Crippen LogP contribution in [0.3, 0.4) is 0 Å². The Bertz CT molecular complexity index is 795. The Morgan fingerprint density at radius 3 is 2.41 bits per heavy atom. The third-order valence-corrected chi connectivity index (χ3v) is 4.13. The Morgan fingerprint density at radius 1 is 1.07 bits per heavy atom. The Morgan fingerprint density at radius 2 is 1.74 bits per heavy atom. The van der Waals surface area contributed by atoms with E-state index in [2.05, 4.69) is 15.6 Å². The summed E-state index contributed by atoms with van der Waals surface area (Å²) in [6.07, 6.45) is 1.90. The molecule has 0 aliphatic carbocycles. The number of amides is 2. The monoisotopic (exact) mass is 369 g/mol. The molecule has 0 fully saturated rings. The average Bonchev–Trinajstić information content (AvgIpc) is 2.62. The molecule has 0 saturated heterocycles. The summed E-state index contributed by atoms with van der Waals surface area (Å²) < 4.78 is 5.44. The van der Waals surface area contributed by atoms with Gasteiger partial charge in [-0.25, -0.2) is 4.98 Å². The predicted octanol–water partition coefficient (Wildman–Crippen LogP) is 3.44. The van der Waals surface area contributed by atoms with Crippen molar-refractivity contribution in [1.82, 2.24) is 10.3 Å². The van der Waals surface area contributed by atoms with Crippen LogP contribution in [0.25, 0.3) is 0 Å². The molecule has 6 nitrogen and oxygen atoms in total. The van der Waals surface area contributed by atoms with Crippen LogP contribution in [0.4, 0.5) is 5.69 Å². The highest BCUT2D eigenvalue weighted by Crippen LogP contribution is 2.22. The van der Waals surface area contributed by atoms with E-state index in [-0.39, 0.29) is 24.7 Å². The van der Waals surface area contributed by atoms with Crippen LogP contribution >= 0.6 is 0 Å². The van der Waals surface area contributed by atoms with Gasteiger partial charge in [0.1, 0.15) is 0 Å². The van der Waals surface area contributed by atoms with Gasteiger partial charge in [-0.15, -0.1) is 0 Å². The zero-order valence-corrected chi connectivity index (χ0v) is 16.4. The SMILES string of the molecule is CCOc1ncccc1CNC(=O)CCC(=O)Nc1c(C)cc(C)cc1C. The van der Waals surface area contributed by atoms with E-state index in [4.69, 9.17) is 4.74 Å². The van der Waals surface area contributed by atoms with Crippen molar-refractivity contribution in [3.8, 4) is 5.88 Å². The molecular weight excluding hydrogens is 342 g/mol. The smallest absolute Gasteiger partial charge is 0.224 e. The molecule has 6 heteroatoms. The minimum atomic E-state index is -0.186. The molecule has 0 aliphatic rings. The van der Waals surface area contributed by atoms with Crippen LogP contribution < -0.4 is 15.4 Å². The lowest BCUT2D eigenvalue weighted by Gasteiger charge is -2.13. The number of carbonyl (C=O) groups is 2. The van der Waals surface area contributed by atoms with Gasteiger partial charge in [-0.2, -0.15) is 0 Å². The van der Waals surface area contributed by atoms with Crippen LogP contribution in [0.5, 0.6) is 5.88 Å². The lowest BCUT2D eigenvalue weighted by Crippen LogP contribution is -2.25. The number of pyridine rings is 1. The summed E-state index contributed by atoms with van der Waals surface area (Å²) in [7, 11) is 0.